The van der Waals surface area contributed by atoms with E-state index in [2.05, 4.69) is 31.5 Å². The molecule has 0 atom stereocenters. The lowest BCUT2D eigenvalue weighted by atomic mass is 10.1. The third kappa shape index (κ3) is 3.71. The lowest BCUT2D eigenvalue weighted by molar-refractivity contribution is -0.137. The first-order valence-electron chi connectivity index (χ1n) is 6.22. The summed E-state index contributed by atoms with van der Waals surface area (Å²) in [6.07, 6.45) is 1.59. The summed E-state index contributed by atoms with van der Waals surface area (Å²) in [5, 5.41) is 24.1. The van der Waals surface area contributed by atoms with E-state index in [1.807, 2.05) is 6.07 Å². The Hall–Kier alpha value is -2.66. The van der Waals surface area contributed by atoms with E-state index in [1.54, 1.807) is 24.4 Å². The smallest absolute Gasteiger partial charge is 0.322 e. The number of hydrogen-bond acceptors (Lipinski definition) is 5. The summed E-state index contributed by atoms with van der Waals surface area (Å²) in [7, 11) is 0. The number of fused-ring (bicyclic) bond motifs is 1. The molecule has 0 aliphatic rings. The van der Waals surface area contributed by atoms with Gasteiger partial charge in [0.25, 0.3) is 0 Å². The minimum atomic E-state index is -1.11. The second-order valence-electron chi connectivity index (χ2n) is 4.35. The lowest BCUT2D eigenvalue weighted by Gasteiger charge is -2.10. The van der Waals surface area contributed by atoms with E-state index in [4.69, 9.17) is 10.4 Å². The van der Waals surface area contributed by atoms with Crippen LogP contribution in [0.1, 0.15) is 5.56 Å². The molecule has 22 heavy (non-hydrogen) atoms. The molecule has 1 amide bonds. The summed E-state index contributed by atoms with van der Waals surface area (Å²) in [6, 6.07) is 7.20. The molecule has 2 aromatic rings. The van der Waals surface area contributed by atoms with Gasteiger partial charge in [-0.3, -0.25) is 9.59 Å². The Labute approximate surface area is 134 Å². The number of pyridine rings is 1. The number of carbonyl (C=O) groups excluding carboxylic acids is 1. The summed E-state index contributed by atoms with van der Waals surface area (Å²) in [4.78, 5) is 26.1. The first-order chi connectivity index (χ1) is 10.5. The summed E-state index contributed by atoms with van der Waals surface area (Å²) >= 11 is 3.38. The fourth-order valence-electron chi connectivity index (χ4n) is 1.82. The molecular formula is C14H11BrN4O3. The van der Waals surface area contributed by atoms with Crippen LogP contribution in [0.2, 0.25) is 0 Å². The summed E-state index contributed by atoms with van der Waals surface area (Å²) < 4.78 is 0.771. The van der Waals surface area contributed by atoms with Crippen molar-refractivity contribution in [3.05, 3.63) is 34.4 Å². The minimum Gasteiger partial charge on any atom is -0.480 e. The van der Waals surface area contributed by atoms with Gasteiger partial charge in [0.2, 0.25) is 5.91 Å². The van der Waals surface area contributed by atoms with Crippen molar-refractivity contribution in [2.45, 2.75) is 0 Å². The summed E-state index contributed by atoms with van der Waals surface area (Å²) in [6.45, 7) is -0.554. The molecule has 8 heteroatoms. The molecule has 112 valence electrons. The Balaban J connectivity index is 2.21. The maximum atomic E-state index is 11.5. The van der Waals surface area contributed by atoms with E-state index in [-0.39, 0.29) is 6.54 Å². The van der Waals surface area contributed by atoms with Gasteiger partial charge in [-0.2, -0.15) is 5.26 Å². The van der Waals surface area contributed by atoms with Crippen molar-refractivity contribution in [1.82, 2.24) is 10.3 Å². The molecule has 0 saturated carbocycles. The van der Waals surface area contributed by atoms with E-state index in [0.717, 1.165) is 9.86 Å². The number of nitrogens with zero attached hydrogens (tertiary/aromatic N) is 2. The maximum absolute atomic E-state index is 11.5. The van der Waals surface area contributed by atoms with Gasteiger partial charge in [0.05, 0.1) is 18.2 Å². The molecule has 0 unspecified atom stereocenters. The van der Waals surface area contributed by atoms with E-state index in [0.29, 0.717) is 16.8 Å². The third-order valence-electron chi connectivity index (χ3n) is 2.82. The number of hydrogen-bond donors (Lipinski definition) is 3. The number of aliphatic carboxylic acids is 1. The fourth-order valence-corrected chi connectivity index (χ4v) is 2.27. The second-order valence-corrected chi connectivity index (χ2v) is 5.21. The minimum absolute atomic E-state index is 0.117. The van der Waals surface area contributed by atoms with Gasteiger partial charge in [-0.25, -0.2) is 4.98 Å². The molecule has 3 N–H and O–H groups in total. The number of amides is 1. The molecule has 1 aromatic heterocycles. The van der Waals surface area contributed by atoms with Crippen LogP contribution < -0.4 is 10.6 Å². The van der Waals surface area contributed by atoms with Crippen molar-refractivity contribution >= 4 is 44.4 Å². The van der Waals surface area contributed by atoms with Crippen molar-refractivity contribution in [1.29, 1.82) is 5.26 Å². The standard InChI is InChI=1S/C14H11BrN4O3/c15-11-5-18-14(19-6-12(20)17-7-13(21)22)10-3-8(4-16)1-2-9(10)11/h1-3,5H,6-7H2,(H,17,20)(H,18,19)(H,21,22). The zero-order chi connectivity index (χ0) is 16.1. The van der Waals surface area contributed by atoms with Crippen LogP contribution in [0.4, 0.5) is 5.82 Å². The van der Waals surface area contributed by atoms with Crippen molar-refractivity contribution in [3.63, 3.8) is 0 Å². The Morgan fingerprint density at radius 2 is 2.09 bits per heavy atom. The lowest BCUT2D eigenvalue weighted by Crippen LogP contribution is -2.34. The molecule has 0 saturated heterocycles. The van der Waals surface area contributed by atoms with Crippen LogP contribution >= 0.6 is 15.9 Å². The van der Waals surface area contributed by atoms with E-state index < -0.39 is 18.4 Å². The average molecular weight is 363 g/mol. The zero-order valence-corrected chi connectivity index (χ0v) is 12.8. The fraction of sp³-hybridized carbons (Fsp3) is 0.143. The molecule has 0 aliphatic heterocycles. The summed E-state index contributed by atoms with van der Waals surface area (Å²) in [5.41, 5.74) is 0.478. The highest BCUT2D eigenvalue weighted by Crippen LogP contribution is 2.28. The van der Waals surface area contributed by atoms with Crippen LogP contribution in [0.15, 0.2) is 28.9 Å². The highest BCUT2D eigenvalue weighted by Gasteiger charge is 2.09. The largest absolute Gasteiger partial charge is 0.480 e. The van der Waals surface area contributed by atoms with E-state index >= 15 is 0 Å². The van der Waals surface area contributed by atoms with Crippen molar-refractivity contribution < 1.29 is 14.7 Å². The molecule has 0 bridgehead atoms. The number of aromatic nitrogens is 1. The van der Waals surface area contributed by atoms with Gasteiger partial charge in [-0.15, -0.1) is 0 Å². The highest BCUT2D eigenvalue weighted by atomic mass is 79.9. The first-order valence-corrected chi connectivity index (χ1v) is 7.01. The topological polar surface area (TPSA) is 115 Å². The van der Waals surface area contributed by atoms with Gasteiger partial charge < -0.3 is 15.7 Å². The van der Waals surface area contributed by atoms with Gasteiger partial charge in [-0.1, -0.05) is 6.07 Å². The predicted octanol–water partition coefficient (Wildman–Crippen LogP) is 1.48. The number of nitriles is 1. The van der Waals surface area contributed by atoms with Crippen molar-refractivity contribution in [3.8, 4) is 6.07 Å². The van der Waals surface area contributed by atoms with Gasteiger partial charge in [0, 0.05) is 21.4 Å². The normalized spacial score (nSPS) is 10.0. The number of rotatable bonds is 5. The van der Waals surface area contributed by atoms with Crippen molar-refractivity contribution in [2.24, 2.45) is 0 Å². The molecular weight excluding hydrogens is 352 g/mol. The van der Waals surface area contributed by atoms with Crippen LogP contribution in [-0.2, 0) is 9.59 Å². The number of carboxylic acid groups (broad SMARTS) is 1. The molecule has 7 nitrogen and oxygen atoms in total. The second kappa shape index (κ2) is 6.87. The Morgan fingerprint density at radius 3 is 2.77 bits per heavy atom. The molecule has 2 rings (SSSR count). The predicted molar refractivity (Wildman–Crippen MR) is 83.3 cm³/mol. The zero-order valence-electron chi connectivity index (χ0n) is 11.3. The molecule has 1 heterocycles. The van der Waals surface area contributed by atoms with Crippen LogP contribution in [0, 0.1) is 11.3 Å². The van der Waals surface area contributed by atoms with E-state index in [1.165, 1.54) is 0 Å². The van der Waals surface area contributed by atoms with Gasteiger partial charge in [0.15, 0.2) is 0 Å². The van der Waals surface area contributed by atoms with Crippen LogP contribution in [0.3, 0.4) is 0 Å². The van der Waals surface area contributed by atoms with Gasteiger partial charge in [-0.05, 0) is 28.1 Å². The van der Waals surface area contributed by atoms with Crippen molar-refractivity contribution in [2.75, 3.05) is 18.4 Å². The quantitative estimate of drug-likeness (QED) is 0.741. The van der Waals surface area contributed by atoms with Crippen LogP contribution in [0.5, 0.6) is 0 Å². The Kier molecular flexibility index (Phi) is 4.91. The molecule has 0 fully saturated rings. The number of carbonyl (C=O) groups is 2. The summed E-state index contributed by atoms with van der Waals surface area (Å²) in [5.74, 6) is -1.13. The monoisotopic (exact) mass is 362 g/mol. The molecule has 0 spiro atoms. The third-order valence-corrected chi connectivity index (χ3v) is 3.45. The SMILES string of the molecule is N#Cc1ccc2c(Br)cnc(NCC(=O)NCC(=O)O)c2c1. The average Bonchev–Trinajstić information content (AvgIpc) is 2.51. The molecule has 1 aromatic carbocycles. The first kappa shape index (κ1) is 15.7. The number of nitrogens with one attached hydrogen (secondary N) is 2. The molecule has 0 aliphatic carbocycles. The van der Waals surface area contributed by atoms with Crippen LogP contribution in [0.25, 0.3) is 10.8 Å². The van der Waals surface area contributed by atoms with E-state index in [9.17, 15) is 9.59 Å². The number of halogens is 1. The number of carboxylic acids is 1. The van der Waals surface area contributed by atoms with Gasteiger partial charge in [0.1, 0.15) is 12.4 Å². The highest BCUT2D eigenvalue weighted by molar-refractivity contribution is 9.10. The number of benzene rings is 1. The maximum Gasteiger partial charge on any atom is 0.322 e. The Morgan fingerprint density at radius 1 is 1.32 bits per heavy atom. The van der Waals surface area contributed by atoms with Crippen LogP contribution in [-0.4, -0.2) is 35.1 Å². The number of anilines is 1. The molecule has 0 radical (unpaired) electrons. The Bertz CT molecular complexity index is 785. The van der Waals surface area contributed by atoms with Gasteiger partial charge >= 0.3 is 5.97 Å².